The lowest BCUT2D eigenvalue weighted by molar-refractivity contribution is 0.158. The number of benzene rings is 1. The van der Waals surface area contributed by atoms with Gasteiger partial charge < -0.3 is 27.3 Å². The van der Waals surface area contributed by atoms with Crippen molar-refractivity contribution < 1.29 is 4.74 Å². The fourth-order valence-electron chi connectivity index (χ4n) is 2.31. The van der Waals surface area contributed by atoms with Gasteiger partial charge in [0.15, 0.2) is 16.8 Å². The van der Waals surface area contributed by atoms with Crippen LogP contribution < -0.4 is 33.4 Å². The average Bonchev–Trinajstić information content (AvgIpc) is 2.69. The summed E-state index contributed by atoms with van der Waals surface area (Å²) >= 11 is 7.68. The van der Waals surface area contributed by atoms with Crippen molar-refractivity contribution in [3.8, 4) is 0 Å². The van der Waals surface area contributed by atoms with Crippen molar-refractivity contribution in [3.05, 3.63) is 34.9 Å². The number of rotatable bonds is 12. The summed E-state index contributed by atoms with van der Waals surface area (Å²) in [6.07, 6.45) is 0. The van der Waals surface area contributed by atoms with Crippen LogP contribution in [0.2, 0.25) is 5.02 Å². The molecule has 0 radical (unpaired) electrons. The molecule has 1 aromatic carbocycles. The maximum Gasteiger partial charge on any atom is 0.191 e. The van der Waals surface area contributed by atoms with E-state index in [4.69, 9.17) is 39.4 Å². The first-order valence-electron chi connectivity index (χ1n) is 8.84. The molecule has 0 bridgehead atoms. The van der Waals surface area contributed by atoms with E-state index in [0.717, 1.165) is 5.56 Å². The van der Waals surface area contributed by atoms with Gasteiger partial charge in [-0.25, -0.2) is 15.8 Å². The maximum absolute atomic E-state index is 6.26. The number of ether oxygens (including phenoxy) is 1. The zero-order valence-electron chi connectivity index (χ0n) is 15.6. The van der Waals surface area contributed by atoms with Crippen LogP contribution >= 0.6 is 23.4 Å². The van der Waals surface area contributed by atoms with E-state index in [2.05, 4.69) is 15.3 Å². The van der Waals surface area contributed by atoms with Crippen molar-refractivity contribution in [2.24, 2.45) is 17.3 Å². The molecule has 0 saturated heterocycles. The number of aromatic nitrogens is 2. The summed E-state index contributed by atoms with van der Waals surface area (Å²) in [5.74, 6) is 7.85. The number of hydrogen-bond donors (Lipinski definition) is 5. The highest BCUT2D eigenvalue weighted by Gasteiger charge is 2.17. The summed E-state index contributed by atoms with van der Waals surface area (Å²) in [5.41, 5.74) is 18.5. The minimum absolute atomic E-state index is 0.348. The van der Waals surface area contributed by atoms with E-state index >= 15 is 0 Å². The second-order valence-electron chi connectivity index (χ2n) is 5.78. The Morgan fingerprint density at radius 3 is 2.64 bits per heavy atom. The molecule has 1 aromatic heterocycles. The van der Waals surface area contributed by atoms with Crippen molar-refractivity contribution >= 4 is 40.7 Å². The molecule has 0 unspecified atom stereocenters. The van der Waals surface area contributed by atoms with Gasteiger partial charge in [0.1, 0.15) is 5.69 Å². The molecule has 0 fully saturated rings. The van der Waals surface area contributed by atoms with Gasteiger partial charge in [0.2, 0.25) is 0 Å². The summed E-state index contributed by atoms with van der Waals surface area (Å²) < 4.78 is 5.39. The van der Waals surface area contributed by atoms with Gasteiger partial charge in [0, 0.05) is 30.4 Å². The van der Waals surface area contributed by atoms with Crippen LogP contribution in [0.1, 0.15) is 5.56 Å². The third-order valence-electron chi connectivity index (χ3n) is 3.63. The number of nitrogens with two attached hydrogens (primary N) is 4. The van der Waals surface area contributed by atoms with Crippen LogP contribution in [-0.4, -0.2) is 48.6 Å². The van der Waals surface area contributed by atoms with Gasteiger partial charge in [-0.15, -0.1) is 0 Å². The molecule has 0 aliphatic rings. The second kappa shape index (κ2) is 11.9. The highest BCUT2D eigenvalue weighted by molar-refractivity contribution is 7.99. The number of hydrogen-bond acceptors (Lipinski definition) is 10. The van der Waals surface area contributed by atoms with Crippen LogP contribution in [0, 0.1) is 0 Å². The Morgan fingerprint density at radius 2 is 1.93 bits per heavy atom. The summed E-state index contributed by atoms with van der Waals surface area (Å²) in [7, 11) is 0. The molecule has 0 spiro atoms. The Hall–Kier alpha value is -1.82. The van der Waals surface area contributed by atoms with Crippen molar-refractivity contribution in [2.45, 2.75) is 11.7 Å². The first-order chi connectivity index (χ1) is 13.6. The lowest BCUT2D eigenvalue weighted by Crippen LogP contribution is -2.32. The normalized spacial score (nSPS) is 10.9. The smallest absolute Gasteiger partial charge is 0.191 e. The van der Waals surface area contributed by atoms with Crippen molar-refractivity contribution in [1.82, 2.24) is 9.97 Å². The third-order valence-corrected chi connectivity index (χ3v) is 4.81. The number of nitrogens with zero attached hydrogens (tertiary/aromatic N) is 3. The van der Waals surface area contributed by atoms with Crippen LogP contribution in [-0.2, 0) is 11.3 Å². The standard InChI is InChI=1S/C17H27ClN8OS/c18-13-4-2-1-3-12(13)11-26(22)16-14(21)15(23-7-5-19)24-17(25-16)28-10-9-27-8-6-20/h1-4H,5-11,19-22H2,(H,23,24,25). The Kier molecular flexibility index (Phi) is 9.55. The minimum atomic E-state index is 0.348. The van der Waals surface area contributed by atoms with Gasteiger partial charge in [-0.05, 0) is 11.6 Å². The van der Waals surface area contributed by atoms with Crippen LogP contribution in [0.4, 0.5) is 17.3 Å². The molecule has 154 valence electrons. The lowest BCUT2D eigenvalue weighted by atomic mass is 10.2. The first-order valence-corrected chi connectivity index (χ1v) is 10.2. The van der Waals surface area contributed by atoms with Crippen LogP contribution in [0.25, 0.3) is 0 Å². The van der Waals surface area contributed by atoms with Gasteiger partial charge >= 0.3 is 0 Å². The number of nitrogens with one attached hydrogen (secondary N) is 1. The second-order valence-corrected chi connectivity index (χ2v) is 7.25. The number of halogens is 1. The number of nitrogen functional groups attached to an aromatic ring is 1. The van der Waals surface area contributed by atoms with E-state index in [1.165, 1.54) is 16.8 Å². The fourth-order valence-corrected chi connectivity index (χ4v) is 3.19. The number of anilines is 3. The topological polar surface area (TPSA) is 154 Å². The van der Waals surface area contributed by atoms with E-state index in [1.807, 2.05) is 24.3 Å². The zero-order valence-corrected chi connectivity index (χ0v) is 17.2. The molecule has 11 heteroatoms. The molecule has 9 N–H and O–H groups in total. The van der Waals surface area contributed by atoms with E-state index in [9.17, 15) is 0 Å². The molecular weight excluding hydrogens is 400 g/mol. The quantitative estimate of drug-likeness (QED) is 0.109. The summed E-state index contributed by atoms with van der Waals surface area (Å²) in [4.78, 5) is 8.98. The summed E-state index contributed by atoms with van der Waals surface area (Å²) in [6, 6.07) is 7.47. The Balaban J connectivity index is 2.19. The van der Waals surface area contributed by atoms with Gasteiger partial charge in [0.05, 0.1) is 19.8 Å². The van der Waals surface area contributed by atoms with Gasteiger partial charge in [0.25, 0.3) is 0 Å². The van der Waals surface area contributed by atoms with E-state index in [0.29, 0.717) is 72.6 Å². The van der Waals surface area contributed by atoms with Gasteiger partial charge in [-0.2, -0.15) is 0 Å². The van der Waals surface area contributed by atoms with E-state index in [-0.39, 0.29) is 0 Å². The molecule has 2 rings (SSSR count). The van der Waals surface area contributed by atoms with Crippen LogP contribution in [0.15, 0.2) is 29.4 Å². The predicted octanol–water partition coefficient (Wildman–Crippen LogP) is 1.03. The monoisotopic (exact) mass is 426 g/mol. The molecule has 28 heavy (non-hydrogen) atoms. The molecular formula is C17H27ClN8OS. The zero-order chi connectivity index (χ0) is 20.4. The number of hydrazine groups is 1. The fraction of sp³-hybridized carbons (Fsp3) is 0.412. The summed E-state index contributed by atoms with van der Waals surface area (Å²) in [6.45, 7) is 2.87. The van der Waals surface area contributed by atoms with Gasteiger partial charge in [-0.3, -0.25) is 5.01 Å². The minimum Gasteiger partial charge on any atom is -0.393 e. The van der Waals surface area contributed by atoms with Crippen molar-refractivity contribution in [1.29, 1.82) is 0 Å². The largest absolute Gasteiger partial charge is 0.393 e. The van der Waals surface area contributed by atoms with Gasteiger partial charge in [-0.1, -0.05) is 41.6 Å². The molecule has 0 saturated carbocycles. The highest BCUT2D eigenvalue weighted by Crippen LogP contribution is 2.30. The Bertz CT molecular complexity index is 751. The summed E-state index contributed by atoms with van der Waals surface area (Å²) in [5, 5.41) is 5.73. The molecule has 2 aromatic rings. The third kappa shape index (κ3) is 6.66. The van der Waals surface area contributed by atoms with Crippen molar-refractivity contribution in [3.63, 3.8) is 0 Å². The Morgan fingerprint density at radius 1 is 1.14 bits per heavy atom. The molecule has 9 nitrogen and oxygen atoms in total. The lowest BCUT2D eigenvalue weighted by Gasteiger charge is -2.22. The van der Waals surface area contributed by atoms with Crippen LogP contribution in [0.5, 0.6) is 0 Å². The highest BCUT2D eigenvalue weighted by atomic mass is 35.5. The molecule has 0 atom stereocenters. The maximum atomic E-state index is 6.26. The van der Waals surface area contributed by atoms with E-state index < -0.39 is 0 Å². The predicted molar refractivity (Wildman–Crippen MR) is 116 cm³/mol. The van der Waals surface area contributed by atoms with Crippen molar-refractivity contribution in [2.75, 3.05) is 54.7 Å². The molecule has 0 aliphatic heterocycles. The van der Waals surface area contributed by atoms with Crippen LogP contribution in [0.3, 0.4) is 0 Å². The SMILES string of the molecule is NCCNc1nc(SCCOCCN)nc(N(N)Cc2ccccc2Cl)c1N. The van der Waals surface area contributed by atoms with E-state index in [1.54, 1.807) is 0 Å². The molecule has 1 heterocycles. The first kappa shape index (κ1) is 22.5. The number of thioether (sulfide) groups is 1. The average molecular weight is 427 g/mol. The Labute approximate surface area is 174 Å². The molecule has 0 aliphatic carbocycles. The molecule has 0 amide bonds.